The van der Waals surface area contributed by atoms with Crippen LogP contribution in [0.2, 0.25) is 0 Å². The molecule has 0 unspecified atom stereocenters. The summed E-state index contributed by atoms with van der Waals surface area (Å²) in [4.78, 5) is 37.3. The van der Waals surface area contributed by atoms with E-state index in [1.807, 2.05) is 77.6 Å². The van der Waals surface area contributed by atoms with E-state index in [0.29, 0.717) is 0 Å². The van der Waals surface area contributed by atoms with Gasteiger partial charge < -0.3 is 54.3 Å². The van der Waals surface area contributed by atoms with Gasteiger partial charge in [-0.2, -0.15) is 0 Å². The lowest BCUT2D eigenvalue weighted by atomic mass is 11.3. The summed E-state index contributed by atoms with van der Waals surface area (Å²) < 4.78 is 21.2. The van der Waals surface area contributed by atoms with Crippen molar-refractivity contribution < 1.29 is 54.3 Å². The Balaban J connectivity index is -0.0000000593. The lowest BCUT2D eigenvalue weighted by molar-refractivity contribution is -0.597. The van der Waals surface area contributed by atoms with Gasteiger partial charge in [-0.15, -0.1) is 0 Å². The first-order chi connectivity index (χ1) is 9.36. The smallest absolute Gasteiger partial charge is 0.0655 e. The van der Waals surface area contributed by atoms with E-state index in [1.54, 1.807) is 0 Å². The molecule has 0 spiro atoms. The Kier molecular flexibility index (Phi) is 39.3. The van der Waals surface area contributed by atoms with Gasteiger partial charge in [0.25, 0.3) is 0 Å². The fraction of sp³-hybridized carbons (Fsp3) is 1.00. The van der Waals surface area contributed by atoms with Crippen LogP contribution in [0.25, 0.3) is 0 Å². The van der Waals surface area contributed by atoms with Crippen molar-refractivity contribution >= 4 is 15.6 Å². The molecular formula is C8H32N4O7P2. The molecular weight excluding hydrogens is 326 g/mol. The molecule has 0 amide bonds. The topological polar surface area (TPSA) is 202 Å². The maximum Gasteiger partial charge on any atom is 0.0655 e. The second-order valence-electron chi connectivity index (χ2n) is 3.29. The second-order valence-corrected chi connectivity index (χ2v) is 5.73. The van der Waals surface area contributed by atoms with Crippen LogP contribution in [0.15, 0.2) is 0 Å². The lowest BCUT2D eigenvalue weighted by Crippen LogP contribution is -2.74. The van der Waals surface area contributed by atoms with Crippen LogP contribution < -0.4 is 40.8 Å². The van der Waals surface area contributed by atoms with Gasteiger partial charge >= 0.3 is 0 Å². The molecule has 0 aromatic heterocycles. The van der Waals surface area contributed by atoms with E-state index in [1.165, 1.54) is 0 Å². The Labute approximate surface area is 127 Å². The minimum Gasteiger partial charge on any atom is -0.790 e. The Morgan fingerprint density at radius 3 is 0.667 bits per heavy atom. The monoisotopic (exact) mass is 358 g/mol. The third-order valence-electron chi connectivity index (χ3n) is 0.200. The van der Waals surface area contributed by atoms with Gasteiger partial charge in [0.15, 0.2) is 0 Å². The first-order valence-electron chi connectivity index (χ1n) is 6.08. The summed E-state index contributed by atoms with van der Waals surface area (Å²) >= 11 is 0. The first kappa shape index (κ1) is 32.9. The highest BCUT2D eigenvalue weighted by Crippen LogP contribution is 2.42. The Morgan fingerprint density at radius 1 is 0.571 bits per heavy atom. The summed E-state index contributed by atoms with van der Waals surface area (Å²) in [5.74, 6) is 0. The van der Waals surface area contributed by atoms with Gasteiger partial charge in [-0.25, -0.2) is 0 Å². The van der Waals surface area contributed by atoms with Crippen LogP contribution in [0.5, 0.6) is 0 Å². The highest BCUT2D eigenvalue weighted by Gasteiger charge is 1.92. The Morgan fingerprint density at radius 2 is 0.667 bits per heavy atom. The van der Waals surface area contributed by atoms with Gasteiger partial charge in [0.1, 0.15) is 0 Å². The molecule has 0 atom stereocenters. The zero-order valence-electron chi connectivity index (χ0n) is 14.1. The third-order valence-corrected chi connectivity index (χ3v) is 1.80. The second kappa shape index (κ2) is 25.1. The fourth-order valence-electron chi connectivity index (χ4n) is 0.122. The molecule has 0 aliphatic rings. The maximum atomic E-state index is 9.32. The molecule has 0 saturated carbocycles. The molecule has 8 N–H and O–H groups in total. The molecule has 13 heteroatoms. The number of nitrogens with two attached hydrogens (primary N) is 4. The molecule has 0 bridgehead atoms. The van der Waals surface area contributed by atoms with Crippen molar-refractivity contribution in [3.8, 4) is 0 Å². The largest absolute Gasteiger partial charge is 0.790 e. The minimum absolute atomic E-state index is 2.00. The van der Waals surface area contributed by atoms with E-state index in [4.69, 9.17) is 0 Å². The summed E-state index contributed by atoms with van der Waals surface area (Å²) in [6.45, 7) is 0. The summed E-state index contributed by atoms with van der Waals surface area (Å²) in [5.41, 5.74) is 0. The van der Waals surface area contributed by atoms with Crippen molar-refractivity contribution in [2.75, 3.05) is 56.4 Å². The van der Waals surface area contributed by atoms with Crippen LogP contribution in [0.3, 0.4) is 0 Å². The van der Waals surface area contributed by atoms with Gasteiger partial charge in [-0.05, 0) is 0 Å². The molecule has 0 heterocycles. The fourth-order valence-corrected chi connectivity index (χ4v) is 1.10. The van der Waals surface area contributed by atoms with Gasteiger partial charge in [0, 0.05) is 0 Å². The van der Waals surface area contributed by atoms with E-state index in [-0.39, 0.29) is 0 Å². The standard InChI is InChI=1S/4C2H7N.H4O7P2/c4*1-3-2;1-8(2,3)7-9(4,5)6/h4*3H,1-2H3;(H2,1,2,3)(H2,4,5,6). The van der Waals surface area contributed by atoms with Crippen molar-refractivity contribution in [3.05, 3.63) is 0 Å². The molecule has 0 fully saturated rings. The molecule has 0 aromatic carbocycles. The normalized spacial score (nSPS) is 9.33. The summed E-state index contributed by atoms with van der Waals surface area (Å²) in [6, 6.07) is 0. The molecule has 0 aliphatic heterocycles. The third kappa shape index (κ3) is 177. The molecule has 0 rings (SSSR count). The average molecular weight is 358 g/mol. The zero-order valence-corrected chi connectivity index (χ0v) is 15.9. The number of hydrogen-bond donors (Lipinski definition) is 4. The van der Waals surface area contributed by atoms with Crippen molar-refractivity contribution in [1.29, 1.82) is 0 Å². The maximum absolute atomic E-state index is 9.32. The van der Waals surface area contributed by atoms with Crippen LogP contribution in [0.1, 0.15) is 0 Å². The highest BCUT2D eigenvalue weighted by atomic mass is 31.3. The van der Waals surface area contributed by atoms with Crippen LogP contribution in [-0.4, -0.2) is 56.4 Å². The summed E-state index contributed by atoms with van der Waals surface area (Å²) in [7, 11) is 4.65. The van der Waals surface area contributed by atoms with Crippen molar-refractivity contribution in [2.45, 2.75) is 0 Å². The zero-order chi connectivity index (χ0) is 18.5. The molecule has 11 nitrogen and oxygen atoms in total. The number of quaternary nitrogens is 4. The Bertz CT molecular complexity index is 219. The minimum atomic E-state index is -5.68. The highest BCUT2D eigenvalue weighted by molar-refractivity contribution is 7.57. The van der Waals surface area contributed by atoms with Gasteiger partial charge in [0.05, 0.1) is 72.0 Å². The van der Waals surface area contributed by atoms with E-state index in [2.05, 4.69) is 4.31 Å². The predicted molar refractivity (Wildman–Crippen MR) is 71.4 cm³/mol. The van der Waals surface area contributed by atoms with Crippen LogP contribution in [0.4, 0.5) is 0 Å². The van der Waals surface area contributed by atoms with E-state index < -0.39 is 15.6 Å². The van der Waals surface area contributed by atoms with Crippen LogP contribution >= 0.6 is 15.6 Å². The molecule has 0 aliphatic carbocycles. The van der Waals surface area contributed by atoms with Crippen LogP contribution in [-0.2, 0) is 13.4 Å². The lowest BCUT2D eigenvalue weighted by Gasteiger charge is -2.39. The van der Waals surface area contributed by atoms with Gasteiger partial charge in [0.2, 0.25) is 0 Å². The molecule has 0 saturated heterocycles. The summed E-state index contributed by atoms with van der Waals surface area (Å²) in [6.07, 6.45) is 0. The van der Waals surface area contributed by atoms with Gasteiger partial charge in [-0.3, -0.25) is 0 Å². The molecule has 0 radical (unpaired) electrons. The predicted octanol–water partition coefficient (Wildman–Crippen LogP) is -8.10. The number of hydrogen-bond acceptors (Lipinski definition) is 7. The first-order valence-corrected chi connectivity index (χ1v) is 9.00. The van der Waals surface area contributed by atoms with E-state index >= 15 is 0 Å². The summed E-state index contributed by atoms with van der Waals surface area (Å²) in [5, 5.41) is 8.00. The average Bonchev–Trinajstić information content (AvgIpc) is 2.15. The molecule has 0 aromatic rings. The molecule has 136 valence electrons. The number of rotatable bonds is 2. The van der Waals surface area contributed by atoms with Gasteiger partial charge in [-0.1, -0.05) is 0 Å². The molecule has 21 heavy (non-hydrogen) atoms. The van der Waals surface area contributed by atoms with Crippen molar-refractivity contribution in [3.63, 3.8) is 0 Å². The Hall–Kier alpha value is 0.100. The SMILES string of the molecule is C[NH2+]C.C[NH2+]C.C[NH2+]C.C[NH2+]C.O=P([O-])([O-])OP(=O)([O-])[O-]. The van der Waals surface area contributed by atoms with E-state index in [9.17, 15) is 28.7 Å². The van der Waals surface area contributed by atoms with Crippen LogP contribution in [0, 0.1) is 0 Å². The van der Waals surface area contributed by atoms with Crippen molar-refractivity contribution in [2.24, 2.45) is 0 Å². The van der Waals surface area contributed by atoms with Crippen molar-refractivity contribution in [1.82, 2.24) is 0 Å². The number of phosphoric acid groups is 2. The van der Waals surface area contributed by atoms with E-state index in [0.717, 1.165) is 0 Å². The quantitative estimate of drug-likeness (QED) is 0.351.